The fourth-order valence-electron chi connectivity index (χ4n) is 1.19. The summed E-state index contributed by atoms with van der Waals surface area (Å²) in [5.74, 6) is 1.60. The zero-order valence-corrected chi connectivity index (χ0v) is 8.78. The van der Waals surface area contributed by atoms with Crippen molar-refractivity contribution in [1.82, 2.24) is 0 Å². The first-order valence-corrected chi connectivity index (χ1v) is 4.54. The Balaban J connectivity index is 2.98. The first-order chi connectivity index (χ1) is 6.81. The molecule has 0 bridgehead atoms. The molecule has 0 saturated heterocycles. The van der Waals surface area contributed by atoms with Crippen LogP contribution in [0.1, 0.15) is 12.5 Å². The third-order valence-electron chi connectivity index (χ3n) is 1.78. The first-order valence-electron chi connectivity index (χ1n) is 4.54. The van der Waals surface area contributed by atoms with E-state index < -0.39 is 0 Å². The minimum atomic E-state index is 0.657. The molecule has 0 heterocycles. The standard InChI is InChI=1S/C11H15NO2/c1-4-14-10-6-5-9(8-12-2)11(7-10)13-3/h5-8H,4H2,1-3H3. The van der Waals surface area contributed by atoms with Gasteiger partial charge < -0.3 is 9.47 Å². The van der Waals surface area contributed by atoms with Gasteiger partial charge in [0.05, 0.1) is 13.7 Å². The van der Waals surface area contributed by atoms with Crippen LogP contribution in [0.15, 0.2) is 23.2 Å². The van der Waals surface area contributed by atoms with Crippen LogP contribution < -0.4 is 9.47 Å². The molecule has 3 nitrogen and oxygen atoms in total. The van der Waals surface area contributed by atoms with Gasteiger partial charge in [0.15, 0.2) is 0 Å². The van der Waals surface area contributed by atoms with Crippen LogP contribution in [0.5, 0.6) is 11.5 Å². The van der Waals surface area contributed by atoms with Gasteiger partial charge in [-0.3, -0.25) is 4.99 Å². The highest BCUT2D eigenvalue weighted by molar-refractivity contribution is 5.83. The molecule has 0 atom stereocenters. The van der Waals surface area contributed by atoms with Gasteiger partial charge in [0.1, 0.15) is 11.5 Å². The smallest absolute Gasteiger partial charge is 0.131 e. The average Bonchev–Trinajstić information content (AvgIpc) is 2.21. The lowest BCUT2D eigenvalue weighted by Gasteiger charge is -2.07. The summed E-state index contributed by atoms with van der Waals surface area (Å²) < 4.78 is 10.6. The summed E-state index contributed by atoms with van der Waals surface area (Å²) in [5, 5.41) is 0. The molecule has 1 aromatic rings. The topological polar surface area (TPSA) is 30.8 Å². The van der Waals surface area contributed by atoms with Crippen molar-refractivity contribution in [2.75, 3.05) is 20.8 Å². The molecule has 1 aromatic carbocycles. The highest BCUT2D eigenvalue weighted by atomic mass is 16.5. The maximum absolute atomic E-state index is 5.36. The molecule has 0 aliphatic carbocycles. The molecule has 0 N–H and O–H groups in total. The first kappa shape index (κ1) is 10.6. The van der Waals surface area contributed by atoms with Crippen LogP contribution in [0.25, 0.3) is 0 Å². The molecular formula is C11H15NO2. The molecule has 0 fully saturated rings. The molecule has 0 aromatic heterocycles. The van der Waals surface area contributed by atoms with E-state index in [4.69, 9.17) is 9.47 Å². The number of hydrogen-bond acceptors (Lipinski definition) is 3. The molecule has 0 saturated carbocycles. The second-order valence-electron chi connectivity index (χ2n) is 2.72. The number of aliphatic imine (C=N–C) groups is 1. The van der Waals surface area contributed by atoms with E-state index >= 15 is 0 Å². The maximum atomic E-state index is 5.36. The van der Waals surface area contributed by atoms with Crippen molar-refractivity contribution in [3.05, 3.63) is 23.8 Å². The van der Waals surface area contributed by atoms with Gasteiger partial charge in [0.25, 0.3) is 0 Å². The van der Waals surface area contributed by atoms with E-state index in [9.17, 15) is 0 Å². The van der Waals surface area contributed by atoms with Gasteiger partial charge in [-0.05, 0) is 19.1 Å². The van der Waals surface area contributed by atoms with Crippen molar-refractivity contribution in [2.45, 2.75) is 6.92 Å². The minimum absolute atomic E-state index is 0.657. The van der Waals surface area contributed by atoms with Crippen molar-refractivity contribution < 1.29 is 9.47 Å². The second-order valence-corrected chi connectivity index (χ2v) is 2.72. The van der Waals surface area contributed by atoms with E-state index in [2.05, 4.69) is 4.99 Å². The zero-order valence-electron chi connectivity index (χ0n) is 8.78. The van der Waals surface area contributed by atoms with Crippen LogP contribution in [0.4, 0.5) is 0 Å². The predicted octanol–water partition coefficient (Wildman–Crippen LogP) is 2.14. The lowest BCUT2D eigenvalue weighted by molar-refractivity contribution is 0.336. The number of methoxy groups -OCH3 is 1. The number of ether oxygens (including phenoxy) is 2. The fraction of sp³-hybridized carbons (Fsp3) is 0.364. The molecule has 14 heavy (non-hydrogen) atoms. The third kappa shape index (κ3) is 2.49. The molecule has 0 amide bonds. The quantitative estimate of drug-likeness (QED) is 0.686. The Morgan fingerprint density at radius 3 is 2.79 bits per heavy atom. The van der Waals surface area contributed by atoms with Gasteiger partial charge in [-0.25, -0.2) is 0 Å². The average molecular weight is 193 g/mol. The zero-order chi connectivity index (χ0) is 10.4. The van der Waals surface area contributed by atoms with E-state index in [1.807, 2.05) is 25.1 Å². The van der Waals surface area contributed by atoms with Gasteiger partial charge in [-0.2, -0.15) is 0 Å². The minimum Gasteiger partial charge on any atom is -0.496 e. The van der Waals surface area contributed by atoms with Crippen LogP contribution in [0.2, 0.25) is 0 Å². The summed E-state index contributed by atoms with van der Waals surface area (Å²) in [7, 11) is 3.37. The van der Waals surface area contributed by atoms with Gasteiger partial charge in [-0.1, -0.05) is 0 Å². The fourth-order valence-corrected chi connectivity index (χ4v) is 1.19. The highest BCUT2D eigenvalue weighted by Gasteiger charge is 2.02. The third-order valence-corrected chi connectivity index (χ3v) is 1.78. The van der Waals surface area contributed by atoms with Crippen molar-refractivity contribution >= 4 is 6.21 Å². The summed E-state index contributed by atoms with van der Waals surface area (Å²) in [6.45, 7) is 2.61. The number of benzene rings is 1. The van der Waals surface area contributed by atoms with E-state index in [1.165, 1.54) is 0 Å². The molecule has 0 radical (unpaired) electrons. The lowest BCUT2D eigenvalue weighted by Crippen LogP contribution is -1.95. The normalized spacial score (nSPS) is 10.5. The Labute approximate surface area is 84.4 Å². The Bertz CT molecular complexity index is 321. The number of hydrogen-bond donors (Lipinski definition) is 0. The van der Waals surface area contributed by atoms with E-state index in [-0.39, 0.29) is 0 Å². The molecule has 0 aliphatic rings. The van der Waals surface area contributed by atoms with Crippen molar-refractivity contribution in [3.63, 3.8) is 0 Å². The van der Waals surface area contributed by atoms with Crippen LogP contribution in [-0.2, 0) is 0 Å². The molecule has 76 valence electrons. The van der Waals surface area contributed by atoms with Gasteiger partial charge in [0.2, 0.25) is 0 Å². The SMILES string of the molecule is CCOc1ccc(C=NC)c(OC)c1. The molecule has 0 aliphatic heterocycles. The molecule has 1 rings (SSSR count). The summed E-state index contributed by atoms with van der Waals surface area (Å²) in [5.41, 5.74) is 0.957. The number of rotatable bonds is 4. The lowest BCUT2D eigenvalue weighted by atomic mass is 10.2. The van der Waals surface area contributed by atoms with Crippen LogP contribution in [-0.4, -0.2) is 27.0 Å². The van der Waals surface area contributed by atoms with Crippen LogP contribution >= 0.6 is 0 Å². The second kappa shape index (κ2) is 5.27. The van der Waals surface area contributed by atoms with Crippen molar-refractivity contribution in [3.8, 4) is 11.5 Å². The van der Waals surface area contributed by atoms with Crippen molar-refractivity contribution in [2.24, 2.45) is 4.99 Å². The van der Waals surface area contributed by atoms with Crippen LogP contribution in [0, 0.1) is 0 Å². The van der Waals surface area contributed by atoms with Gasteiger partial charge in [-0.15, -0.1) is 0 Å². The maximum Gasteiger partial charge on any atom is 0.131 e. The van der Waals surface area contributed by atoms with Gasteiger partial charge in [0, 0.05) is 24.9 Å². The van der Waals surface area contributed by atoms with E-state index in [0.717, 1.165) is 17.1 Å². The molecule has 3 heteroatoms. The van der Waals surface area contributed by atoms with Gasteiger partial charge >= 0.3 is 0 Å². The van der Waals surface area contributed by atoms with E-state index in [1.54, 1.807) is 20.4 Å². The Morgan fingerprint density at radius 2 is 2.21 bits per heavy atom. The predicted molar refractivity (Wildman–Crippen MR) is 57.7 cm³/mol. The summed E-state index contributed by atoms with van der Waals surface area (Å²) in [4.78, 5) is 3.94. The Morgan fingerprint density at radius 1 is 1.43 bits per heavy atom. The summed E-state index contributed by atoms with van der Waals surface area (Å²) >= 11 is 0. The van der Waals surface area contributed by atoms with Crippen LogP contribution in [0.3, 0.4) is 0 Å². The molecule has 0 spiro atoms. The summed E-state index contributed by atoms with van der Waals surface area (Å²) in [6.07, 6.45) is 1.76. The number of nitrogens with zero attached hydrogens (tertiary/aromatic N) is 1. The largest absolute Gasteiger partial charge is 0.496 e. The van der Waals surface area contributed by atoms with Crippen molar-refractivity contribution in [1.29, 1.82) is 0 Å². The molecular weight excluding hydrogens is 178 g/mol. The Kier molecular flexibility index (Phi) is 3.98. The Hall–Kier alpha value is -1.51. The highest BCUT2D eigenvalue weighted by Crippen LogP contribution is 2.23. The van der Waals surface area contributed by atoms with E-state index in [0.29, 0.717) is 6.61 Å². The monoisotopic (exact) mass is 193 g/mol. The molecule has 0 unspecified atom stereocenters. The summed E-state index contributed by atoms with van der Waals surface area (Å²) in [6, 6.07) is 5.69.